The highest BCUT2D eigenvalue weighted by Crippen LogP contribution is 2.46. The topological polar surface area (TPSA) is 25.8 Å². The van der Waals surface area contributed by atoms with Crippen LogP contribution in [0, 0.1) is 0 Å². The fourth-order valence-corrected chi connectivity index (χ4v) is 7.34. The van der Waals surface area contributed by atoms with E-state index >= 15 is 0 Å². The lowest BCUT2D eigenvalue weighted by Gasteiger charge is -2.19. The van der Waals surface area contributed by atoms with Crippen molar-refractivity contribution >= 4 is 53.9 Å². The molecule has 0 spiro atoms. The molecular weight excluding hydrogens is 646 g/mol. The molecule has 2 heterocycles. The van der Waals surface area contributed by atoms with E-state index in [9.17, 15) is 26.3 Å². The molecular formula is C42H22F6N2. The second kappa shape index (κ2) is 10.7. The number of aromatic nitrogens is 2. The van der Waals surface area contributed by atoms with Gasteiger partial charge in [-0.3, -0.25) is 9.97 Å². The Morgan fingerprint density at radius 2 is 0.720 bits per heavy atom. The SMILES string of the molecule is FC(F)(F)c1ccc(-c2cc3ccc4cc(-c5c6ccccc6c(-c6ccc(C(F)(F)F)nc6)c6ccccc56)cc5ccc(c2)c3c45)cn1. The van der Waals surface area contributed by atoms with Gasteiger partial charge in [-0.15, -0.1) is 0 Å². The summed E-state index contributed by atoms with van der Waals surface area (Å²) in [6.07, 6.45) is -6.48. The van der Waals surface area contributed by atoms with Crippen LogP contribution >= 0.6 is 0 Å². The van der Waals surface area contributed by atoms with Gasteiger partial charge in [-0.25, -0.2) is 0 Å². The van der Waals surface area contributed by atoms with E-state index in [1.54, 1.807) is 0 Å². The first kappa shape index (κ1) is 30.1. The number of hydrogen-bond acceptors (Lipinski definition) is 2. The Bertz CT molecular complexity index is 2640. The number of benzene rings is 7. The zero-order valence-electron chi connectivity index (χ0n) is 25.9. The van der Waals surface area contributed by atoms with Crippen LogP contribution in [-0.2, 0) is 12.4 Å². The molecule has 7 aromatic carbocycles. The highest BCUT2D eigenvalue weighted by molar-refractivity contribution is 6.26. The number of hydrogen-bond donors (Lipinski definition) is 0. The van der Waals surface area contributed by atoms with Crippen molar-refractivity contribution in [2.75, 3.05) is 0 Å². The van der Waals surface area contributed by atoms with Gasteiger partial charge < -0.3 is 0 Å². The minimum absolute atomic E-state index is 0.596. The lowest BCUT2D eigenvalue weighted by Crippen LogP contribution is -2.07. The van der Waals surface area contributed by atoms with E-state index in [-0.39, 0.29) is 0 Å². The van der Waals surface area contributed by atoms with Crippen LogP contribution in [0.3, 0.4) is 0 Å². The summed E-state index contributed by atoms with van der Waals surface area (Å²) in [7, 11) is 0. The average molecular weight is 669 g/mol. The Kier molecular flexibility index (Phi) is 6.46. The predicted molar refractivity (Wildman–Crippen MR) is 187 cm³/mol. The molecule has 0 N–H and O–H groups in total. The van der Waals surface area contributed by atoms with E-state index in [1.807, 2.05) is 72.8 Å². The number of fused-ring (bicyclic) bond motifs is 2. The summed E-state index contributed by atoms with van der Waals surface area (Å²) in [5, 5.41) is 9.87. The molecule has 0 atom stereocenters. The molecule has 0 aliphatic carbocycles. The van der Waals surface area contributed by atoms with Gasteiger partial charge in [0.25, 0.3) is 0 Å². The first-order valence-electron chi connectivity index (χ1n) is 15.8. The Morgan fingerprint density at radius 3 is 1.08 bits per heavy atom. The van der Waals surface area contributed by atoms with Crippen LogP contribution in [-0.4, -0.2) is 9.97 Å². The van der Waals surface area contributed by atoms with E-state index in [2.05, 4.69) is 34.2 Å². The van der Waals surface area contributed by atoms with Crippen LogP contribution in [0.25, 0.3) is 87.2 Å². The third-order valence-corrected chi connectivity index (χ3v) is 9.48. The van der Waals surface area contributed by atoms with E-state index in [1.165, 1.54) is 24.5 Å². The Hall–Kier alpha value is -6.02. The minimum atomic E-state index is -4.53. The number of pyridine rings is 2. The van der Waals surface area contributed by atoms with Crippen molar-refractivity contribution in [2.45, 2.75) is 12.4 Å². The van der Waals surface area contributed by atoms with Crippen molar-refractivity contribution in [3.63, 3.8) is 0 Å². The van der Waals surface area contributed by atoms with Gasteiger partial charge in [-0.1, -0.05) is 84.9 Å². The molecule has 2 nitrogen and oxygen atoms in total. The van der Waals surface area contributed by atoms with Gasteiger partial charge in [-0.05, 0) is 113 Å². The third-order valence-electron chi connectivity index (χ3n) is 9.48. The lowest BCUT2D eigenvalue weighted by atomic mass is 9.84. The first-order chi connectivity index (χ1) is 24.0. The van der Waals surface area contributed by atoms with Gasteiger partial charge in [0.05, 0.1) is 0 Å². The standard InChI is InChI=1S/C42H22F6N2/c43-41(44,45)35-15-13-27(21-49-35)29-17-23-9-11-25-19-30(20-26-12-10-24(18-29)37(23)38(25)26)40-33-7-3-1-5-31(33)39(32-6-2-4-8-34(32)40)28-14-16-36(50-22-28)42(46,47)48/h1-22H. The minimum Gasteiger partial charge on any atom is -0.251 e. The monoisotopic (exact) mass is 668 g/mol. The quantitative estimate of drug-likeness (QED) is 0.106. The molecule has 0 saturated carbocycles. The molecule has 0 bridgehead atoms. The Morgan fingerprint density at radius 1 is 0.360 bits per heavy atom. The maximum absolute atomic E-state index is 13.4. The molecule has 9 aromatic rings. The second-order valence-electron chi connectivity index (χ2n) is 12.4. The van der Waals surface area contributed by atoms with Crippen LogP contribution in [0.1, 0.15) is 11.4 Å². The zero-order valence-corrected chi connectivity index (χ0v) is 25.9. The van der Waals surface area contributed by atoms with Crippen LogP contribution in [0.5, 0.6) is 0 Å². The molecule has 8 heteroatoms. The number of nitrogens with zero attached hydrogens (tertiary/aromatic N) is 2. The van der Waals surface area contributed by atoms with Crippen molar-refractivity contribution in [3.8, 4) is 33.4 Å². The highest BCUT2D eigenvalue weighted by atomic mass is 19.4. The van der Waals surface area contributed by atoms with Gasteiger partial charge in [0, 0.05) is 23.5 Å². The largest absolute Gasteiger partial charge is 0.433 e. The van der Waals surface area contributed by atoms with Crippen LogP contribution in [0.2, 0.25) is 0 Å². The molecule has 0 aliphatic heterocycles. The fraction of sp³-hybridized carbons (Fsp3) is 0.0476. The zero-order chi connectivity index (χ0) is 34.4. The van der Waals surface area contributed by atoms with Crippen LogP contribution < -0.4 is 0 Å². The predicted octanol–water partition coefficient (Wildman–Crippen LogP) is 12.7. The molecule has 0 unspecified atom stereocenters. The Labute approximate surface area is 280 Å². The molecule has 0 fully saturated rings. The summed E-state index contributed by atoms with van der Waals surface area (Å²) in [5.41, 5.74) is 2.94. The summed E-state index contributed by atoms with van der Waals surface area (Å²) in [6, 6.07) is 37.3. The number of rotatable bonds is 3. The van der Waals surface area contributed by atoms with Crippen molar-refractivity contribution < 1.29 is 26.3 Å². The molecule has 50 heavy (non-hydrogen) atoms. The maximum Gasteiger partial charge on any atom is 0.433 e. The van der Waals surface area contributed by atoms with E-state index in [0.29, 0.717) is 11.1 Å². The van der Waals surface area contributed by atoms with Crippen molar-refractivity contribution in [2.24, 2.45) is 0 Å². The third kappa shape index (κ3) is 4.74. The summed E-state index contributed by atoms with van der Waals surface area (Å²) < 4.78 is 79.5. The van der Waals surface area contributed by atoms with E-state index < -0.39 is 23.7 Å². The number of alkyl halides is 6. The summed E-state index contributed by atoms with van der Waals surface area (Å²) in [5.74, 6) is 0. The average Bonchev–Trinajstić information content (AvgIpc) is 3.12. The van der Waals surface area contributed by atoms with Crippen molar-refractivity contribution in [1.82, 2.24) is 9.97 Å². The maximum atomic E-state index is 13.4. The van der Waals surface area contributed by atoms with Crippen LogP contribution in [0.15, 0.2) is 134 Å². The second-order valence-corrected chi connectivity index (χ2v) is 12.4. The lowest BCUT2D eigenvalue weighted by molar-refractivity contribution is -0.141. The summed E-state index contributed by atoms with van der Waals surface area (Å²) in [6.45, 7) is 0. The number of halogens is 6. The van der Waals surface area contributed by atoms with Gasteiger partial charge in [0.2, 0.25) is 0 Å². The van der Waals surface area contributed by atoms with E-state index in [4.69, 9.17) is 0 Å². The summed E-state index contributed by atoms with van der Waals surface area (Å²) >= 11 is 0. The van der Waals surface area contributed by atoms with Gasteiger partial charge in [0.1, 0.15) is 11.4 Å². The highest BCUT2D eigenvalue weighted by Gasteiger charge is 2.33. The van der Waals surface area contributed by atoms with Crippen molar-refractivity contribution in [1.29, 1.82) is 0 Å². The first-order valence-corrected chi connectivity index (χ1v) is 15.8. The molecule has 0 aliphatic rings. The molecule has 242 valence electrons. The summed E-state index contributed by atoms with van der Waals surface area (Å²) in [4.78, 5) is 7.42. The normalized spacial score (nSPS) is 12.6. The molecule has 9 rings (SSSR count). The fourth-order valence-electron chi connectivity index (χ4n) is 7.34. The smallest absolute Gasteiger partial charge is 0.251 e. The molecule has 0 amide bonds. The molecule has 2 aromatic heterocycles. The van der Waals surface area contributed by atoms with Crippen LogP contribution in [0.4, 0.5) is 26.3 Å². The van der Waals surface area contributed by atoms with Gasteiger partial charge in [0.15, 0.2) is 0 Å². The molecule has 0 saturated heterocycles. The van der Waals surface area contributed by atoms with E-state index in [0.717, 1.165) is 88.2 Å². The van der Waals surface area contributed by atoms with Crippen molar-refractivity contribution in [3.05, 3.63) is 145 Å². The Balaban J connectivity index is 1.23. The van der Waals surface area contributed by atoms with Gasteiger partial charge in [-0.2, -0.15) is 26.3 Å². The molecule has 0 radical (unpaired) electrons. The van der Waals surface area contributed by atoms with Gasteiger partial charge >= 0.3 is 12.4 Å².